The highest BCUT2D eigenvalue weighted by atomic mass is 79.9. The van der Waals surface area contributed by atoms with Crippen molar-refractivity contribution < 1.29 is 23.1 Å². The third-order valence-electron chi connectivity index (χ3n) is 1.82. The fourth-order valence-corrected chi connectivity index (χ4v) is 1.78. The Morgan fingerprint density at radius 2 is 2.06 bits per heavy atom. The van der Waals surface area contributed by atoms with Crippen LogP contribution in [0, 0.1) is 0 Å². The number of carboxylic acids is 1. The summed E-state index contributed by atoms with van der Waals surface area (Å²) in [5, 5.41) is 8.52. The number of hydrogen-bond donors (Lipinski definition) is 1. The lowest BCUT2D eigenvalue weighted by Crippen LogP contribution is -2.30. The molecule has 0 bridgehead atoms. The maximum absolute atomic E-state index is 12.2. The van der Waals surface area contributed by atoms with Gasteiger partial charge in [-0.2, -0.15) is 13.2 Å². The Morgan fingerprint density at radius 3 is 2.53 bits per heavy atom. The number of carboxylic acid groups (broad SMARTS) is 1. The van der Waals surface area contributed by atoms with E-state index in [1.54, 1.807) is 0 Å². The van der Waals surface area contributed by atoms with Crippen molar-refractivity contribution in [3.05, 3.63) is 32.7 Å². The Hall–Kier alpha value is -1.31. The molecule has 1 heterocycles. The molecule has 1 aromatic heterocycles. The first kappa shape index (κ1) is 13.8. The first-order chi connectivity index (χ1) is 7.69. The van der Waals surface area contributed by atoms with E-state index in [4.69, 9.17) is 5.11 Å². The summed E-state index contributed by atoms with van der Waals surface area (Å²) in [6, 6.07) is 1.20. The van der Waals surface area contributed by atoms with E-state index >= 15 is 0 Å². The molecule has 0 radical (unpaired) electrons. The molecule has 1 N–H and O–H groups in total. The summed E-state index contributed by atoms with van der Waals surface area (Å²) in [6.45, 7) is -1.45. The normalized spacial score (nSPS) is 11.5. The van der Waals surface area contributed by atoms with Crippen LogP contribution in [0.4, 0.5) is 13.2 Å². The SMILES string of the molecule is O=C(O)Cc1cc(Br)cn(CC(F)(F)F)c1=O. The van der Waals surface area contributed by atoms with Crippen LogP contribution in [-0.4, -0.2) is 21.8 Å². The lowest BCUT2D eigenvalue weighted by molar-refractivity contribution is -0.141. The van der Waals surface area contributed by atoms with Crippen molar-refractivity contribution in [1.82, 2.24) is 4.57 Å². The van der Waals surface area contributed by atoms with Gasteiger partial charge in [0.15, 0.2) is 0 Å². The highest BCUT2D eigenvalue weighted by molar-refractivity contribution is 9.10. The molecule has 4 nitrogen and oxygen atoms in total. The van der Waals surface area contributed by atoms with Crippen molar-refractivity contribution in [2.75, 3.05) is 0 Å². The number of hydrogen-bond acceptors (Lipinski definition) is 2. The van der Waals surface area contributed by atoms with E-state index in [0.717, 1.165) is 6.20 Å². The van der Waals surface area contributed by atoms with Crippen LogP contribution in [0.5, 0.6) is 0 Å². The van der Waals surface area contributed by atoms with E-state index in [1.165, 1.54) is 6.07 Å². The minimum absolute atomic E-state index is 0.198. The maximum atomic E-state index is 12.2. The molecule has 0 saturated carbocycles. The number of aliphatic carboxylic acids is 1. The third-order valence-corrected chi connectivity index (χ3v) is 2.25. The van der Waals surface area contributed by atoms with Gasteiger partial charge in [0.25, 0.3) is 5.56 Å². The van der Waals surface area contributed by atoms with Gasteiger partial charge in [0.2, 0.25) is 0 Å². The molecule has 94 valence electrons. The van der Waals surface area contributed by atoms with Crippen molar-refractivity contribution in [2.45, 2.75) is 19.1 Å². The molecule has 0 saturated heterocycles. The number of aromatic nitrogens is 1. The molecule has 0 fully saturated rings. The van der Waals surface area contributed by atoms with Crippen LogP contribution in [0.1, 0.15) is 5.56 Å². The Morgan fingerprint density at radius 1 is 1.47 bits per heavy atom. The molecule has 0 unspecified atom stereocenters. The zero-order valence-electron chi connectivity index (χ0n) is 8.29. The van der Waals surface area contributed by atoms with E-state index in [2.05, 4.69) is 15.9 Å². The standard InChI is InChI=1S/C9H7BrF3NO3/c10-6-1-5(2-7(15)16)8(17)14(3-6)4-9(11,12)13/h1,3H,2,4H2,(H,15,16). The van der Waals surface area contributed by atoms with E-state index in [1.807, 2.05) is 0 Å². The number of rotatable bonds is 3. The fraction of sp³-hybridized carbons (Fsp3) is 0.333. The summed E-state index contributed by atoms with van der Waals surface area (Å²) in [5.41, 5.74) is -1.15. The molecule has 8 heteroatoms. The summed E-state index contributed by atoms with van der Waals surface area (Å²) in [5.74, 6) is -1.28. The third kappa shape index (κ3) is 4.22. The lowest BCUT2D eigenvalue weighted by atomic mass is 10.2. The number of halogens is 4. The van der Waals surface area contributed by atoms with Gasteiger partial charge in [-0.05, 0) is 22.0 Å². The van der Waals surface area contributed by atoms with Crippen LogP contribution in [0.3, 0.4) is 0 Å². The van der Waals surface area contributed by atoms with Crippen LogP contribution >= 0.6 is 15.9 Å². The zero-order chi connectivity index (χ0) is 13.2. The molecular formula is C9H7BrF3NO3. The van der Waals surface area contributed by atoms with Crippen molar-refractivity contribution in [3.63, 3.8) is 0 Å². The fourth-order valence-electron chi connectivity index (χ4n) is 1.26. The second kappa shape index (κ2) is 4.91. The van der Waals surface area contributed by atoms with Crippen molar-refractivity contribution in [2.24, 2.45) is 0 Å². The number of nitrogens with zero attached hydrogens (tertiary/aromatic N) is 1. The van der Waals surface area contributed by atoms with Gasteiger partial charge in [0, 0.05) is 16.2 Å². The molecule has 1 rings (SSSR count). The molecule has 0 spiro atoms. The Labute approximate surface area is 102 Å². The molecule has 1 aromatic rings. The predicted molar refractivity (Wildman–Crippen MR) is 55.8 cm³/mol. The van der Waals surface area contributed by atoms with Gasteiger partial charge in [-0.25, -0.2) is 0 Å². The van der Waals surface area contributed by atoms with Crippen LogP contribution in [-0.2, 0) is 17.8 Å². The smallest absolute Gasteiger partial charge is 0.406 e. The average molecular weight is 314 g/mol. The van der Waals surface area contributed by atoms with Gasteiger partial charge < -0.3 is 9.67 Å². The monoisotopic (exact) mass is 313 g/mol. The quantitative estimate of drug-likeness (QED) is 0.925. The Bertz CT molecular complexity index is 495. The Kier molecular flexibility index (Phi) is 3.97. The van der Waals surface area contributed by atoms with Crippen molar-refractivity contribution in [1.29, 1.82) is 0 Å². The first-order valence-electron chi connectivity index (χ1n) is 4.36. The highest BCUT2D eigenvalue weighted by Crippen LogP contribution is 2.18. The summed E-state index contributed by atoms with van der Waals surface area (Å²) in [4.78, 5) is 22.0. The first-order valence-corrected chi connectivity index (χ1v) is 5.16. The van der Waals surface area contributed by atoms with Crippen LogP contribution in [0.2, 0.25) is 0 Å². The van der Waals surface area contributed by atoms with Gasteiger partial charge in [-0.3, -0.25) is 9.59 Å². The molecule has 0 atom stereocenters. The predicted octanol–water partition coefficient (Wildman–Crippen LogP) is 1.80. The van der Waals surface area contributed by atoms with Gasteiger partial charge in [-0.1, -0.05) is 0 Å². The zero-order valence-corrected chi connectivity index (χ0v) is 9.88. The van der Waals surface area contributed by atoms with E-state index < -0.39 is 30.7 Å². The van der Waals surface area contributed by atoms with Gasteiger partial charge in [0.1, 0.15) is 6.54 Å². The molecule has 0 aliphatic rings. The highest BCUT2D eigenvalue weighted by Gasteiger charge is 2.28. The average Bonchev–Trinajstić information content (AvgIpc) is 2.09. The topological polar surface area (TPSA) is 59.3 Å². The number of alkyl halides is 3. The van der Waals surface area contributed by atoms with Crippen molar-refractivity contribution >= 4 is 21.9 Å². The molecule has 0 aliphatic carbocycles. The van der Waals surface area contributed by atoms with Gasteiger partial charge in [-0.15, -0.1) is 0 Å². The molecule has 0 aliphatic heterocycles. The lowest BCUT2D eigenvalue weighted by Gasteiger charge is -2.11. The van der Waals surface area contributed by atoms with Gasteiger partial charge >= 0.3 is 12.1 Å². The van der Waals surface area contributed by atoms with Crippen molar-refractivity contribution in [3.8, 4) is 0 Å². The molecule has 17 heavy (non-hydrogen) atoms. The minimum atomic E-state index is -4.54. The van der Waals surface area contributed by atoms with Crippen LogP contribution < -0.4 is 5.56 Å². The second-order valence-electron chi connectivity index (χ2n) is 3.30. The maximum Gasteiger partial charge on any atom is 0.406 e. The number of carbonyl (C=O) groups is 1. The van der Waals surface area contributed by atoms with Gasteiger partial charge in [0.05, 0.1) is 6.42 Å². The van der Waals surface area contributed by atoms with E-state index in [9.17, 15) is 22.8 Å². The second-order valence-corrected chi connectivity index (χ2v) is 4.22. The van der Waals surface area contributed by atoms with E-state index in [-0.39, 0.29) is 10.0 Å². The summed E-state index contributed by atoms with van der Waals surface area (Å²) >= 11 is 2.92. The van der Waals surface area contributed by atoms with Crippen LogP contribution in [0.25, 0.3) is 0 Å². The van der Waals surface area contributed by atoms with E-state index in [0.29, 0.717) is 4.57 Å². The summed E-state index contributed by atoms with van der Waals surface area (Å²) < 4.78 is 37.1. The Balaban J connectivity index is 3.19. The largest absolute Gasteiger partial charge is 0.481 e. The summed E-state index contributed by atoms with van der Waals surface area (Å²) in [6.07, 6.45) is -4.18. The molecule has 0 aromatic carbocycles. The van der Waals surface area contributed by atoms with Crippen LogP contribution in [0.15, 0.2) is 21.5 Å². The number of pyridine rings is 1. The minimum Gasteiger partial charge on any atom is -0.481 e. The summed E-state index contributed by atoms with van der Waals surface area (Å²) in [7, 11) is 0. The molecule has 0 amide bonds. The molecular weight excluding hydrogens is 307 g/mol.